The molecule has 1 aliphatic carbocycles. The monoisotopic (exact) mass is 196 g/mol. The maximum Gasteiger partial charge on any atom is 0.227 e. The fourth-order valence-electron chi connectivity index (χ4n) is 2.67. The Bertz CT molecular complexity index is 229. The summed E-state index contributed by atoms with van der Waals surface area (Å²) in [5.74, 6) is 1.12. The Balaban J connectivity index is 1.94. The predicted molar refractivity (Wildman–Crippen MR) is 55.7 cm³/mol. The SMILES string of the molecule is CC1CCN(C(=O)C2CCCC2N)C1. The van der Waals surface area contributed by atoms with Crippen LogP contribution in [0.1, 0.15) is 32.6 Å². The highest BCUT2D eigenvalue weighted by atomic mass is 16.2. The summed E-state index contributed by atoms with van der Waals surface area (Å²) in [7, 11) is 0. The van der Waals surface area contributed by atoms with Crippen LogP contribution in [0.25, 0.3) is 0 Å². The maximum atomic E-state index is 12.0. The minimum absolute atomic E-state index is 0.124. The molecule has 0 aromatic heterocycles. The lowest BCUT2D eigenvalue weighted by Gasteiger charge is -2.22. The first-order chi connectivity index (χ1) is 6.68. The van der Waals surface area contributed by atoms with Crippen LogP contribution in [0.4, 0.5) is 0 Å². The van der Waals surface area contributed by atoms with Crippen molar-refractivity contribution in [3.63, 3.8) is 0 Å². The van der Waals surface area contributed by atoms with E-state index in [0.717, 1.165) is 38.8 Å². The molecule has 0 radical (unpaired) electrons. The van der Waals surface area contributed by atoms with Gasteiger partial charge in [0.15, 0.2) is 0 Å². The average Bonchev–Trinajstić information content (AvgIpc) is 2.73. The van der Waals surface area contributed by atoms with Gasteiger partial charge >= 0.3 is 0 Å². The normalized spacial score (nSPS) is 37.9. The van der Waals surface area contributed by atoms with Crippen molar-refractivity contribution in [3.05, 3.63) is 0 Å². The quantitative estimate of drug-likeness (QED) is 0.679. The molecule has 2 N–H and O–H groups in total. The van der Waals surface area contributed by atoms with Crippen molar-refractivity contribution in [2.24, 2.45) is 17.6 Å². The van der Waals surface area contributed by atoms with Crippen LogP contribution < -0.4 is 5.73 Å². The Hall–Kier alpha value is -0.570. The van der Waals surface area contributed by atoms with Gasteiger partial charge in [0, 0.05) is 19.1 Å². The molecule has 0 bridgehead atoms. The van der Waals surface area contributed by atoms with E-state index in [4.69, 9.17) is 5.73 Å². The van der Waals surface area contributed by atoms with Crippen LogP contribution in [0, 0.1) is 11.8 Å². The number of amides is 1. The molecule has 14 heavy (non-hydrogen) atoms. The third-order valence-corrected chi connectivity index (χ3v) is 3.62. The van der Waals surface area contributed by atoms with Crippen molar-refractivity contribution in [1.29, 1.82) is 0 Å². The van der Waals surface area contributed by atoms with E-state index in [1.54, 1.807) is 0 Å². The third kappa shape index (κ3) is 1.78. The summed E-state index contributed by atoms with van der Waals surface area (Å²) in [6.45, 7) is 4.10. The maximum absolute atomic E-state index is 12.0. The molecule has 1 saturated carbocycles. The second kappa shape index (κ2) is 3.89. The summed E-state index contributed by atoms with van der Waals surface area (Å²) in [5.41, 5.74) is 5.93. The van der Waals surface area contributed by atoms with Crippen LogP contribution in [0.5, 0.6) is 0 Å². The van der Waals surface area contributed by atoms with Crippen LogP contribution in [-0.2, 0) is 4.79 Å². The zero-order chi connectivity index (χ0) is 10.1. The number of nitrogens with zero attached hydrogens (tertiary/aromatic N) is 1. The molecular formula is C11H20N2O. The van der Waals surface area contributed by atoms with Gasteiger partial charge in [-0.3, -0.25) is 4.79 Å². The molecule has 0 spiro atoms. The fourth-order valence-corrected chi connectivity index (χ4v) is 2.67. The summed E-state index contributed by atoms with van der Waals surface area (Å²) < 4.78 is 0. The molecule has 0 aromatic carbocycles. The second-order valence-electron chi connectivity index (χ2n) is 4.88. The van der Waals surface area contributed by atoms with E-state index >= 15 is 0 Å². The van der Waals surface area contributed by atoms with Crippen molar-refractivity contribution in [2.75, 3.05) is 13.1 Å². The highest BCUT2D eigenvalue weighted by Crippen LogP contribution is 2.28. The number of nitrogens with two attached hydrogens (primary N) is 1. The smallest absolute Gasteiger partial charge is 0.227 e. The number of hydrogen-bond acceptors (Lipinski definition) is 2. The summed E-state index contributed by atoms with van der Waals surface area (Å²) in [6.07, 6.45) is 4.32. The minimum Gasteiger partial charge on any atom is -0.342 e. The van der Waals surface area contributed by atoms with Crippen LogP contribution in [0.15, 0.2) is 0 Å². The number of likely N-dealkylation sites (tertiary alicyclic amines) is 1. The number of carbonyl (C=O) groups excluding carboxylic acids is 1. The van der Waals surface area contributed by atoms with Gasteiger partial charge < -0.3 is 10.6 Å². The first kappa shape index (κ1) is 9.97. The molecule has 1 heterocycles. The van der Waals surface area contributed by atoms with Gasteiger partial charge in [-0.25, -0.2) is 0 Å². The highest BCUT2D eigenvalue weighted by Gasteiger charge is 2.35. The van der Waals surface area contributed by atoms with Crippen molar-refractivity contribution in [3.8, 4) is 0 Å². The summed E-state index contributed by atoms with van der Waals surface area (Å²) in [5, 5.41) is 0. The molecule has 1 saturated heterocycles. The van der Waals surface area contributed by atoms with E-state index < -0.39 is 0 Å². The Morgan fingerprint density at radius 1 is 1.36 bits per heavy atom. The molecule has 80 valence electrons. The van der Waals surface area contributed by atoms with Crippen molar-refractivity contribution >= 4 is 5.91 Å². The molecule has 3 unspecified atom stereocenters. The molecule has 1 amide bonds. The zero-order valence-electron chi connectivity index (χ0n) is 8.91. The second-order valence-corrected chi connectivity index (χ2v) is 4.88. The molecular weight excluding hydrogens is 176 g/mol. The standard InChI is InChI=1S/C11H20N2O/c1-8-5-6-13(7-8)11(14)9-3-2-4-10(9)12/h8-10H,2-7,12H2,1H3. The van der Waals surface area contributed by atoms with Crippen LogP contribution in [0.2, 0.25) is 0 Å². The first-order valence-corrected chi connectivity index (χ1v) is 5.73. The lowest BCUT2D eigenvalue weighted by atomic mass is 10.0. The predicted octanol–water partition coefficient (Wildman–Crippen LogP) is 0.982. The van der Waals surface area contributed by atoms with Crippen molar-refractivity contribution in [1.82, 2.24) is 4.90 Å². The molecule has 0 aromatic rings. The van der Waals surface area contributed by atoms with Gasteiger partial charge in [0.1, 0.15) is 0 Å². The van der Waals surface area contributed by atoms with Gasteiger partial charge in [0.2, 0.25) is 5.91 Å². The molecule has 1 aliphatic heterocycles. The van der Waals surface area contributed by atoms with Crippen molar-refractivity contribution < 1.29 is 4.79 Å². The molecule has 2 aliphatic rings. The van der Waals surface area contributed by atoms with Crippen LogP contribution in [-0.4, -0.2) is 29.9 Å². The van der Waals surface area contributed by atoms with E-state index in [9.17, 15) is 4.79 Å². The van der Waals surface area contributed by atoms with Gasteiger partial charge in [0.05, 0.1) is 5.92 Å². The molecule has 3 nitrogen and oxygen atoms in total. The molecule has 3 atom stereocenters. The summed E-state index contributed by atoms with van der Waals surface area (Å²) in [6, 6.07) is 0.124. The van der Waals surface area contributed by atoms with E-state index in [1.165, 1.54) is 0 Å². The topological polar surface area (TPSA) is 46.3 Å². The highest BCUT2D eigenvalue weighted by molar-refractivity contribution is 5.80. The van der Waals surface area contributed by atoms with E-state index in [0.29, 0.717) is 11.8 Å². The third-order valence-electron chi connectivity index (χ3n) is 3.62. The summed E-state index contributed by atoms with van der Waals surface area (Å²) in [4.78, 5) is 14.1. The van der Waals surface area contributed by atoms with Crippen LogP contribution >= 0.6 is 0 Å². The summed E-state index contributed by atoms with van der Waals surface area (Å²) >= 11 is 0. The van der Waals surface area contributed by atoms with Gasteiger partial charge in [-0.1, -0.05) is 13.3 Å². The van der Waals surface area contributed by atoms with Crippen LogP contribution in [0.3, 0.4) is 0 Å². The van der Waals surface area contributed by atoms with E-state index in [-0.39, 0.29) is 12.0 Å². The molecule has 2 fully saturated rings. The fraction of sp³-hybridized carbons (Fsp3) is 0.909. The van der Waals surface area contributed by atoms with Crippen molar-refractivity contribution in [2.45, 2.75) is 38.6 Å². The minimum atomic E-state index is 0.124. The first-order valence-electron chi connectivity index (χ1n) is 5.73. The lowest BCUT2D eigenvalue weighted by molar-refractivity contribution is -0.134. The Labute approximate surface area is 85.6 Å². The molecule has 3 heteroatoms. The van der Waals surface area contributed by atoms with E-state index in [2.05, 4.69) is 6.92 Å². The zero-order valence-corrected chi connectivity index (χ0v) is 8.91. The Morgan fingerprint density at radius 2 is 2.14 bits per heavy atom. The van der Waals surface area contributed by atoms with Gasteiger partial charge in [0.25, 0.3) is 0 Å². The Morgan fingerprint density at radius 3 is 2.64 bits per heavy atom. The lowest BCUT2D eigenvalue weighted by Crippen LogP contribution is -2.40. The van der Waals surface area contributed by atoms with Gasteiger partial charge in [-0.15, -0.1) is 0 Å². The largest absolute Gasteiger partial charge is 0.342 e. The van der Waals surface area contributed by atoms with E-state index in [1.807, 2.05) is 4.90 Å². The number of rotatable bonds is 1. The molecule has 2 rings (SSSR count). The van der Waals surface area contributed by atoms with Gasteiger partial charge in [-0.05, 0) is 25.2 Å². The number of hydrogen-bond donors (Lipinski definition) is 1. The average molecular weight is 196 g/mol. The van der Waals surface area contributed by atoms with Gasteiger partial charge in [-0.2, -0.15) is 0 Å². The Kier molecular flexibility index (Phi) is 2.77. The number of carbonyl (C=O) groups is 1.